The molecule has 1 fully saturated rings. The average molecular weight is 444 g/mol. The van der Waals surface area contributed by atoms with Gasteiger partial charge in [0.05, 0.1) is 0 Å². The van der Waals surface area contributed by atoms with Gasteiger partial charge in [0.25, 0.3) is 0 Å². The number of thiazole rings is 1. The van der Waals surface area contributed by atoms with Crippen LogP contribution in [0.3, 0.4) is 0 Å². The Morgan fingerprint density at radius 2 is 1.57 bits per heavy atom. The van der Waals surface area contributed by atoms with E-state index in [2.05, 4.69) is 27.0 Å². The SMILES string of the molecule is CCC[CH2][Sn]([CH2]CCC)([CH2]CCC)[c]1cnc(C2(O)CCC2)s1. The fourth-order valence-corrected chi connectivity index (χ4v) is 23.6. The van der Waals surface area contributed by atoms with Crippen LogP contribution in [0.1, 0.15) is 83.6 Å². The molecule has 0 radical (unpaired) electrons. The third-order valence-corrected chi connectivity index (χ3v) is 25.0. The Labute approximate surface area is 151 Å². The third-order valence-electron chi connectivity index (χ3n) is 5.63. The fraction of sp³-hybridized carbons (Fsp3) is 0.842. The van der Waals surface area contributed by atoms with E-state index in [4.69, 9.17) is 4.98 Å². The van der Waals surface area contributed by atoms with E-state index in [1.54, 1.807) is 2.89 Å². The molecule has 1 aliphatic rings. The molecule has 23 heavy (non-hydrogen) atoms. The summed E-state index contributed by atoms with van der Waals surface area (Å²) < 4.78 is 6.13. The predicted octanol–water partition coefficient (Wildman–Crippen LogP) is 5.57. The molecule has 0 amide bonds. The Morgan fingerprint density at radius 1 is 1.04 bits per heavy atom. The van der Waals surface area contributed by atoms with Gasteiger partial charge in [-0.05, 0) is 0 Å². The topological polar surface area (TPSA) is 33.1 Å². The molecule has 0 bridgehead atoms. The summed E-state index contributed by atoms with van der Waals surface area (Å²) in [6.07, 6.45) is 13.3. The van der Waals surface area contributed by atoms with Crippen molar-refractivity contribution < 1.29 is 5.11 Å². The van der Waals surface area contributed by atoms with Crippen LogP contribution >= 0.6 is 11.3 Å². The van der Waals surface area contributed by atoms with Crippen molar-refractivity contribution in [1.29, 1.82) is 0 Å². The summed E-state index contributed by atoms with van der Waals surface area (Å²) in [7, 11) is 0. The molecule has 1 saturated carbocycles. The van der Waals surface area contributed by atoms with Crippen molar-refractivity contribution in [3.05, 3.63) is 11.2 Å². The molecule has 0 aliphatic heterocycles. The predicted molar refractivity (Wildman–Crippen MR) is 104 cm³/mol. The van der Waals surface area contributed by atoms with E-state index in [9.17, 15) is 5.11 Å². The summed E-state index contributed by atoms with van der Waals surface area (Å²) in [4.78, 5) is 4.72. The van der Waals surface area contributed by atoms with Gasteiger partial charge in [0.2, 0.25) is 0 Å². The molecule has 0 unspecified atom stereocenters. The van der Waals surface area contributed by atoms with Crippen molar-refractivity contribution in [2.75, 3.05) is 0 Å². The molecule has 1 heterocycles. The molecule has 4 heteroatoms. The molecule has 2 rings (SSSR count). The number of hydrogen-bond donors (Lipinski definition) is 1. The second-order valence-electron chi connectivity index (χ2n) is 7.51. The van der Waals surface area contributed by atoms with Crippen molar-refractivity contribution in [2.24, 2.45) is 0 Å². The fourth-order valence-electron chi connectivity index (χ4n) is 3.75. The molecule has 0 aromatic carbocycles. The summed E-state index contributed by atoms with van der Waals surface area (Å²) in [5.74, 6) is 0. The van der Waals surface area contributed by atoms with Gasteiger partial charge in [-0.1, -0.05) is 0 Å². The second-order valence-corrected chi connectivity index (χ2v) is 22.7. The van der Waals surface area contributed by atoms with E-state index >= 15 is 0 Å². The molecule has 1 aromatic rings. The van der Waals surface area contributed by atoms with Crippen molar-refractivity contribution in [3.63, 3.8) is 0 Å². The minimum absolute atomic E-state index is 0.569. The Balaban J connectivity index is 2.25. The van der Waals surface area contributed by atoms with Crippen LogP contribution < -0.4 is 2.89 Å². The molecule has 0 spiro atoms. The molecular weight excluding hydrogens is 409 g/mol. The summed E-state index contributed by atoms with van der Waals surface area (Å²) >= 11 is -0.421. The zero-order valence-corrected chi connectivity index (χ0v) is 19.0. The van der Waals surface area contributed by atoms with E-state index in [1.165, 1.54) is 51.8 Å². The van der Waals surface area contributed by atoms with Gasteiger partial charge < -0.3 is 0 Å². The first kappa shape index (κ1) is 19.7. The Kier molecular flexibility index (Phi) is 7.87. The number of unbranched alkanes of at least 4 members (excludes halogenated alkanes) is 3. The van der Waals surface area contributed by atoms with Crippen LogP contribution in [0.5, 0.6) is 0 Å². The summed E-state index contributed by atoms with van der Waals surface area (Å²) in [5, 5.41) is 11.7. The first-order valence-electron chi connectivity index (χ1n) is 9.79. The van der Waals surface area contributed by atoms with Crippen LogP contribution in [-0.4, -0.2) is 28.5 Å². The zero-order chi connectivity index (χ0) is 16.8. The van der Waals surface area contributed by atoms with Crippen LogP contribution in [0.4, 0.5) is 0 Å². The van der Waals surface area contributed by atoms with Gasteiger partial charge in [0.1, 0.15) is 0 Å². The van der Waals surface area contributed by atoms with Crippen molar-refractivity contribution in [2.45, 2.75) is 97.5 Å². The average Bonchev–Trinajstić information content (AvgIpc) is 3.03. The molecule has 1 N–H and O–H groups in total. The Hall–Kier alpha value is 0.389. The van der Waals surface area contributed by atoms with E-state index < -0.39 is 24.0 Å². The normalized spacial score (nSPS) is 17.2. The van der Waals surface area contributed by atoms with Crippen LogP contribution in [0.2, 0.25) is 13.3 Å². The molecule has 1 aromatic heterocycles. The van der Waals surface area contributed by atoms with Crippen molar-refractivity contribution in [1.82, 2.24) is 4.98 Å². The Bertz CT molecular complexity index is 448. The first-order chi connectivity index (χ1) is 11.1. The van der Waals surface area contributed by atoms with Gasteiger partial charge >= 0.3 is 151 Å². The molecular formula is C19H35NOSSn. The quantitative estimate of drug-likeness (QED) is 0.453. The number of rotatable bonds is 11. The van der Waals surface area contributed by atoms with Gasteiger partial charge in [-0.25, -0.2) is 0 Å². The van der Waals surface area contributed by atoms with Crippen molar-refractivity contribution >= 4 is 32.6 Å². The van der Waals surface area contributed by atoms with E-state index in [-0.39, 0.29) is 0 Å². The maximum absolute atomic E-state index is 10.7. The Morgan fingerprint density at radius 3 is 1.96 bits per heavy atom. The maximum atomic E-state index is 10.7. The van der Waals surface area contributed by atoms with Gasteiger partial charge in [0.15, 0.2) is 0 Å². The number of aliphatic hydroxyl groups is 1. The minimum atomic E-state index is -2.33. The standard InChI is InChI=1S/C7H8NOS.3C4H9.Sn/c9-7(2-1-3-7)6-8-4-5-10-6;3*1-3-4-2;/h4,9H,1-3H2;3*1,3-4H2,2H3;. The van der Waals surface area contributed by atoms with Gasteiger partial charge in [0, 0.05) is 0 Å². The molecule has 0 saturated heterocycles. The summed E-state index contributed by atoms with van der Waals surface area (Å²) in [6, 6.07) is 0. The van der Waals surface area contributed by atoms with Gasteiger partial charge in [-0.15, -0.1) is 0 Å². The third kappa shape index (κ3) is 4.72. The van der Waals surface area contributed by atoms with E-state index in [0.29, 0.717) is 0 Å². The molecule has 132 valence electrons. The monoisotopic (exact) mass is 445 g/mol. The zero-order valence-electron chi connectivity index (χ0n) is 15.4. The van der Waals surface area contributed by atoms with Crippen LogP contribution in [0, 0.1) is 0 Å². The molecule has 2 nitrogen and oxygen atoms in total. The first-order valence-corrected chi connectivity index (χ1v) is 18.1. The van der Waals surface area contributed by atoms with Crippen LogP contribution in [0.15, 0.2) is 6.20 Å². The summed E-state index contributed by atoms with van der Waals surface area (Å²) in [5.41, 5.74) is -0.569. The second kappa shape index (κ2) is 9.19. The van der Waals surface area contributed by atoms with Gasteiger partial charge in [-0.3, -0.25) is 0 Å². The van der Waals surface area contributed by atoms with Crippen LogP contribution in [0.25, 0.3) is 0 Å². The number of hydrogen-bond acceptors (Lipinski definition) is 3. The summed E-state index contributed by atoms with van der Waals surface area (Å²) in [6.45, 7) is 6.97. The molecule has 1 aliphatic carbocycles. The van der Waals surface area contributed by atoms with Crippen LogP contribution in [-0.2, 0) is 5.60 Å². The van der Waals surface area contributed by atoms with E-state index in [0.717, 1.165) is 24.3 Å². The van der Waals surface area contributed by atoms with E-state index in [1.807, 2.05) is 11.3 Å². The molecule has 0 atom stereocenters. The number of nitrogens with zero attached hydrogens (tertiary/aromatic N) is 1. The van der Waals surface area contributed by atoms with Crippen molar-refractivity contribution in [3.8, 4) is 0 Å². The van der Waals surface area contributed by atoms with Gasteiger partial charge in [-0.2, -0.15) is 0 Å². The number of aromatic nitrogens is 1.